The van der Waals surface area contributed by atoms with Crippen molar-refractivity contribution >= 4 is 22.5 Å². The standard InChI is InChI=1S/C14H9F2N3/c15-10-6-5-9(7-11(10)16)18-14-8-17-12-3-1-2-4-13(12)19-14/h1-8H,(H,18,19). The van der Waals surface area contributed by atoms with Crippen molar-refractivity contribution in [1.29, 1.82) is 0 Å². The zero-order chi connectivity index (χ0) is 13.2. The van der Waals surface area contributed by atoms with Crippen molar-refractivity contribution in [1.82, 2.24) is 9.97 Å². The molecule has 94 valence electrons. The van der Waals surface area contributed by atoms with E-state index in [1.165, 1.54) is 6.07 Å². The molecule has 0 radical (unpaired) electrons. The summed E-state index contributed by atoms with van der Waals surface area (Å²) >= 11 is 0. The first-order valence-electron chi connectivity index (χ1n) is 5.66. The average Bonchev–Trinajstić information content (AvgIpc) is 2.43. The van der Waals surface area contributed by atoms with Crippen LogP contribution in [0.5, 0.6) is 0 Å². The molecule has 3 rings (SSSR count). The van der Waals surface area contributed by atoms with Crippen LogP contribution in [0.15, 0.2) is 48.7 Å². The van der Waals surface area contributed by atoms with E-state index >= 15 is 0 Å². The molecular formula is C14H9F2N3. The third kappa shape index (κ3) is 2.35. The second-order valence-corrected chi connectivity index (χ2v) is 4.00. The van der Waals surface area contributed by atoms with Crippen LogP contribution in [-0.2, 0) is 0 Å². The van der Waals surface area contributed by atoms with Gasteiger partial charge in [0.1, 0.15) is 5.82 Å². The lowest BCUT2D eigenvalue weighted by Crippen LogP contribution is -1.96. The van der Waals surface area contributed by atoms with Crippen molar-refractivity contribution in [3.8, 4) is 0 Å². The molecule has 0 saturated heterocycles. The number of hydrogen-bond acceptors (Lipinski definition) is 3. The topological polar surface area (TPSA) is 37.8 Å². The van der Waals surface area contributed by atoms with Gasteiger partial charge in [0, 0.05) is 11.8 Å². The van der Waals surface area contributed by atoms with Crippen LogP contribution >= 0.6 is 0 Å². The van der Waals surface area contributed by atoms with E-state index in [1.807, 2.05) is 24.3 Å². The summed E-state index contributed by atoms with van der Waals surface area (Å²) in [5.74, 6) is -1.31. The van der Waals surface area contributed by atoms with Gasteiger partial charge in [-0.05, 0) is 24.3 Å². The van der Waals surface area contributed by atoms with Gasteiger partial charge >= 0.3 is 0 Å². The van der Waals surface area contributed by atoms with Crippen LogP contribution in [0.4, 0.5) is 20.3 Å². The van der Waals surface area contributed by atoms with Crippen LogP contribution in [0.1, 0.15) is 0 Å². The number of anilines is 2. The molecule has 0 atom stereocenters. The quantitative estimate of drug-likeness (QED) is 0.761. The largest absolute Gasteiger partial charge is 0.339 e. The average molecular weight is 257 g/mol. The Morgan fingerprint density at radius 3 is 2.47 bits per heavy atom. The number of nitrogens with zero attached hydrogens (tertiary/aromatic N) is 2. The van der Waals surface area contributed by atoms with Gasteiger partial charge in [0.25, 0.3) is 0 Å². The van der Waals surface area contributed by atoms with Gasteiger partial charge in [-0.15, -0.1) is 0 Å². The minimum Gasteiger partial charge on any atom is -0.339 e. The van der Waals surface area contributed by atoms with E-state index in [0.29, 0.717) is 11.5 Å². The Balaban J connectivity index is 1.94. The number of hydrogen-bond donors (Lipinski definition) is 1. The lowest BCUT2D eigenvalue weighted by molar-refractivity contribution is 0.509. The number of fused-ring (bicyclic) bond motifs is 1. The Bertz CT molecular complexity index is 744. The Morgan fingerprint density at radius 1 is 0.895 bits per heavy atom. The van der Waals surface area contributed by atoms with Gasteiger partial charge in [-0.1, -0.05) is 12.1 Å². The number of rotatable bonds is 2. The van der Waals surface area contributed by atoms with Crippen molar-refractivity contribution in [2.75, 3.05) is 5.32 Å². The molecule has 0 saturated carbocycles. The van der Waals surface area contributed by atoms with Crippen molar-refractivity contribution in [3.63, 3.8) is 0 Å². The highest BCUT2D eigenvalue weighted by Crippen LogP contribution is 2.18. The Hall–Kier alpha value is -2.56. The van der Waals surface area contributed by atoms with Crippen molar-refractivity contribution in [2.24, 2.45) is 0 Å². The predicted octanol–water partition coefficient (Wildman–Crippen LogP) is 3.65. The summed E-state index contributed by atoms with van der Waals surface area (Å²) in [5, 5.41) is 2.88. The molecule has 1 heterocycles. The Labute approximate surface area is 107 Å². The van der Waals surface area contributed by atoms with Crippen LogP contribution in [0, 0.1) is 11.6 Å². The molecule has 19 heavy (non-hydrogen) atoms. The molecule has 3 nitrogen and oxygen atoms in total. The van der Waals surface area contributed by atoms with Crippen LogP contribution in [0.3, 0.4) is 0 Å². The monoisotopic (exact) mass is 257 g/mol. The first kappa shape index (κ1) is 11.5. The van der Waals surface area contributed by atoms with E-state index in [1.54, 1.807) is 6.20 Å². The molecule has 0 bridgehead atoms. The minimum absolute atomic E-state index is 0.420. The molecule has 5 heteroatoms. The third-order valence-electron chi connectivity index (χ3n) is 2.64. The lowest BCUT2D eigenvalue weighted by atomic mass is 10.3. The first-order valence-corrected chi connectivity index (χ1v) is 5.66. The summed E-state index contributed by atoms with van der Waals surface area (Å²) in [6, 6.07) is 11.0. The molecule has 3 aromatic rings. The molecule has 0 fully saturated rings. The highest BCUT2D eigenvalue weighted by molar-refractivity contribution is 5.76. The fourth-order valence-electron chi connectivity index (χ4n) is 1.74. The summed E-state index contributed by atoms with van der Waals surface area (Å²) in [4.78, 5) is 8.56. The molecule has 1 aromatic heterocycles. The van der Waals surface area contributed by atoms with Crippen LogP contribution in [0.2, 0.25) is 0 Å². The first-order chi connectivity index (χ1) is 9.22. The van der Waals surface area contributed by atoms with Gasteiger partial charge in [-0.25, -0.2) is 13.8 Å². The lowest BCUT2D eigenvalue weighted by Gasteiger charge is -2.06. The summed E-state index contributed by atoms with van der Waals surface area (Å²) in [6.45, 7) is 0. The molecule has 0 aliphatic rings. The van der Waals surface area contributed by atoms with Gasteiger partial charge in [-0.2, -0.15) is 0 Å². The fourth-order valence-corrected chi connectivity index (χ4v) is 1.74. The van der Waals surface area contributed by atoms with Gasteiger partial charge < -0.3 is 5.32 Å². The maximum absolute atomic E-state index is 13.1. The maximum Gasteiger partial charge on any atom is 0.160 e. The fraction of sp³-hybridized carbons (Fsp3) is 0. The van der Waals surface area contributed by atoms with E-state index in [4.69, 9.17) is 0 Å². The van der Waals surface area contributed by atoms with Gasteiger partial charge in [0.05, 0.1) is 17.2 Å². The molecule has 0 aliphatic carbocycles. The highest BCUT2D eigenvalue weighted by Gasteiger charge is 2.04. The van der Waals surface area contributed by atoms with Gasteiger partial charge in [0.15, 0.2) is 11.6 Å². The number of halogens is 2. The maximum atomic E-state index is 13.1. The van der Waals surface area contributed by atoms with Crippen LogP contribution in [-0.4, -0.2) is 9.97 Å². The predicted molar refractivity (Wildman–Crippen MR) is 69.2 cm³/mol. The summed E-state index contributed by atoms with van der Waals surface area (Å²) in [5.41, 5.74) is 1.93. The van der Waals surface area contributed by atoms with E-state index in [2.05, 4.69) is 15.3 Å². The Kier molecular flexibility index (Phi) is 2.79. The second-order valence-electron chi connectivity index (χ2n) is 4.00. The SMILES string of the molecule is Fc1ccc(Nc2cnc3ccccc3n2)cc1F. The minimum atomic E-state index is -0.904. The molecular weight excluding hydrogens is 248 g/mol. The molecule has 0 spiro atoms. The Morgan fingerprint density at radius 2 is 1.68 bits per heavy atom. The number of para-hydroxylation sites is 2. The molecule has 0 amide bonds. The third-order valence-corrected chi connectivity index (χ3v) is 2.64. The summed E-state index contributed by atoms with van der Waals surface area (Å²) < 4.78 is 25.9. The van der Waals surface area contributed by atoms with E-state index in [0.717, 1.165) is 23.2 Å². The smallest absolute Gasteiger partial charge is 0.160 e. The molecule has 0 aliphatic heterocycles. The van der Waals surface area contributed by atoms with Crippen LogP contribution < -0.4 is 5.32 Å². The summed E-state index contributed by atoms with van der Waals surface area (Å²) in [7, 11) is 0. The number of aromatic nitrogens is 2. The van der Waals surface area contributed by atoms with Gasteiger partial charge in [0.2, 0.25) is 0 Å². The molecule has 2 aromatic carbocycles. The van der Waals surface area contributed by atoms with Crippen LogP contribution in [0.25, 0.3) is 11.0 Å². The summed E-state index contributed by atoms with van der Waals surface area (Å²) in [6.07, 6.45) is 1.55. The number of benzene rings is 2. The van der Waals surface area contributed by atoms with Crippen molar-refractivity contribution in [2.45, 2.75) is 0 Å². The van der Waals surface area contributed by atoms with Gasteiger partial charge in [-0.3, -0.25) is 4.98 Å². The van der Waals surface area contributed by atoms with E-state index < -0.39 is 11.6 Å². The molecule has 0 unspecified atom stereocenters. The molecule has 1 N–H and O–H groups in total. The van der Waals surface area contributed by atoms with Crippen molar-refractivity contribution < 1.29 is 8.78 Å². The highest BCUT2D eigenvalue weighted by atomic mass is 19.2. The van der Waals surface area contributed by atoms with Crippen molar-refractivity contribution in [3.05, 3.63) is 60.3 Å². The number of nitrogens with one attached hydrogen (secondary N) is 1. The van der Waals surface area contributed by atoms with E-state index in [9.17, 15) is 8.78 Å². The zero-order valence-corrected chi connectivity index (χ0v) is 9.77. The zero-order valence-electron chi connectivity index (χ0n) is 9.77. The second kappa shape index (κ2) is 4.61. The van der Waals surface area contributed by atoms with E-state index in [-0.39, 0.29) is 0 Å². The normalized spacial score (nSPS) is 10.6.